The highest BCUT2D eigenvalue weighted by atomic mass is 16.3. The summed E-state index contributed by atoms with van der Waals surface area (Å²) >= 11 is 0. The maximum atomic E-state index is 12.2. The van der Waals surface area contributed by atoms with Gasteiger partial charge in [-0.15, -0.1) is 10.2 Å². The van der Waals surface area contributed by atoms with Gasteiger partial charge in [0, 0.05) is 29.6 Å². The Morgan fingerprint density at radius 2 is 2.04 bits per heavy atom. The van der Waals surface area contributed by atoms with Crippen molar-refractivity contribution in [1.82, 2.24) is 20.1 Å². The van der Waals surface area contributed by atoms with Crippen molar-refractivity contribution in [3.8, 4) is 17.0 Å². The molecule has 0 fully saturated rings. The molecule has 2 N–H and O–H groups in total. The van der Waals surface area contributed by atoms with Gasteiger partial charge in [-0.05, 0) is 37.2 Å². The Kier molecular flexibility index (Phi) is 3.12. The van der Waals surface area contributed by atoms with Crippen molar-refractivity contribution in [2.45, 2.75) is 13.0 Å². The second-order valence-corrected chi connectivity index (χ2v) is 5.91. The van der Waals surface area contributed by atoms with Gasteiger partial charge in [-0.25, -0.2) is 0 Å². The maximum Gasteiger partial charge on any atom is 0.253 e. The average Bonchev–Trinajstić information content (AvgIpc) is 2.55. The first-order valence-corrected chi connectivity index (χ1v) is 7.52. The third kappa shape index (κ3) is 2.27. The van der Waals surface area contributed by atoms with Gasteiger partial charge in [0.1, 0.15) is 5.75 Å². The Bertz CT molecular complexity index is 964. The summed E-state index contributed by atoms with van der Waals surface area (Å²) in [6.07, 6.45) is 0.728. The van der Waals surface area contributed by atoms with Crippen LogP contribution < -0.4 is 5.56 Å². The van der Waals surface area contributed by atoms with Crippen LogP contribution in [0.3, 0.4) is 0 Å². The molecule has 3 heterocycles. The Morgan fingerprint density at radius 1 is 1.22 bits per heavy atom. The van der Waals surface area contributed by atoms with Crippen LogP contribution in [0.15, 0.2) is 35.1 Å². The summed E-state index contributed by atoms with van der Waals surface area (Å²) in [5.74, 6) is 0.163. The number of nitrogens with one attached hydrogen (secondary N) is 1. The SMILES string of the molecule is CN1CCc2c(c3cc(-c4ccccc4O)nnc3[nH]c2=O)C1. The predicted molar refractivity (Wildman–Crippen MR) is 87.3 cm³/mol. The molecule has 0 bridgehead atoms. The van der Waals surface area contributed by atoms with Crippen molar-refractivity contribution >= 4 is 11.0 Å². The molecule has 6 heteroatoms. The second-order valence-electron chi connectivity index (χ2n) is 5.91. The number of nitrogens with zero attached hydrogens (tertiary/aromatic N) is 3. The first kappa shape index (κ1) is 13.9. The van der Waals surface area contributed by atoms with E-state index in [-0.39, 0.29) is 11.3 Å². The smallest absolute Gasteiger partial charge is 0.253 e. The topological polar surface area (TPSA) is 82.1 Å². The van der Waals surface area contributed by atoms with Crippen LogP contribution in [0.1, 0.15) is 11.1 Å². The summed E-state index contributed by atoms with van der Waals surface area (Å²) in [5, 5.41) is 19.2. The fourth-order valence-corrected chi connectivity index (χ4v) is 3.12. The molecule has 0 amide bonds. The van der Waals surface area contributed by atoms with Crippen LogP contribution in [0, 0.1) is 0 Å². The molecule has 2 aromatic heterocycles. The van der Waals surface area contributed by atoms with E-state index in [1.54, 1.807) is 18.2 Å². The lowest BCUT2D eigenvalue weighted by Gasteiger charge is -2.25. The number of rotatable bonds is 1. The summed E-state index contributed by atoms with van der Waals surface area (Å²) in [6.45, 7) is 1.58. The number of pyridine rings is 1. The van der Waals surface area contributed by atoms with E-state index < -0.39 is 0 Å². The van der Waals surface area contributed by atoms with Gasteiger partial charge in [0.05, 0.1) is 5.69 Å². The van der Waals surface area contributed by atoms with Gasteiger partial charge in [-0.2, -0.15) is 0 Å². The molecular formula is C17H16N4O2. The Balaban J connectivity index is 1.98. The minimum Gasteiger partial charge on any atom is -0.507 e. The maximum absolute atomic E-state index is 12.2. The van der Waals surface area contributed by atoms with E-state index in [1.165, 1.54) is 0 Å². The highest BCUT2D eigenvalue weighted by Crippen LogP contribution is 2.30. The molecule has 116 valence electrons. The number of aromatic nitrogens is 3. The van der Waals surface area contributed by atoms with Crippen molar-refractivity contribution in [2.24, 2.45) is 0 Å². The number of hydrogen-bond donors (Lipinski definition) is 2. The molecule has 0 aliphatic carbocycles. The van der Waals surface area contributed by atoms with Gasteiger partial charge in [0.25, 0.3) is 5.56 Å². The van der Waals surface area contributed by atoms with E-state index in [1.807, 2.05) is 19.2 Å². The number of aromatic amines is 1. The number of H-pyrrole nitrogens is 1. The molecule has 1 aromatic carbocycles. The number of likely N-dealkylation sites (N-methyl/N-ethyl adjacent to an activating group) is 1. The minimum atomic E-state index is -0.0785. The zero-order valence-corrected chi connectivity index (χ0v) is 12.7. The largest absolute Gasteiger partial charge is 0.507 e. The van der Waals surface area contributed by atoms with Gasteiger partial charge < -0.3 is 15.0 Å². The summed E-state index contributed by atoms with van der Waals surface area (Å²) in [6, 6.07) is 8.93. The van der Waals surface area contributed by atoms with Crippen LogP contribution in [0.5, 0.6) is 5.75 Å². The molecule has 0 unspecified atom stereocenters. The Hall–Kier alpha value is -2.73. The minimum absolute atomic E-state index is 0.0785. The summed E-state index contributed by atoms with van der Waals surface area (Å²) < 4.78 is 0. The van der Waals surface area contributed by atoms with E-state index in [2.05, 4.69) is 20.1 Å². The van der Waals surface area contributed by atoms with Gasteiger partial charge in [-0.3, -0.25) is 4.79 Å². The highest BCUT2D eigenvalue weighted by molar-refractivity contribution is 5.84. The first-order valence-electron chi connectivity index (χ1n) is 7.52. The second kappa shape index (κ2) is 5.17. The number of benzene rings is 1. The van der Waals surface area contributed by atoms with Gasteiger partial charge in [0.15, 0.2) is 5.65 Å². The zero-order valence-electron chi connectivity index (χ0n) is 12.7. The molecule has 0 saturated heterocycles. The van der Waals surface area contributed by atoms with Crippen LogP contribution in [0.4, 0.5) is 0 Å². The van der Waals surface area contributed by atoms with Crippen LogP contribution in [-0.4, -0.2) is 38.8 Å². The van der Waals surface area contributed by atoms with E-state index in [4.69, 9.17) is 0 Å². The summed E-state index contributed by atoms with van der Waals surface area (Å²) in [4.78, 5) is 17.2. The average molecular weight is 308 g/mol. The number of phenols is 1. The molecule has 0 spiro atoms. The van der Waals surface area contributed by atoms with E-state index in [0.29, 0.717) is 23.4 Å². The van der Waals surface area contributed by atoms with Crippen molar-refractivity contribution in [3.05, 3.63) is 51.8 Å². The van der Waals surface area contributed by atoms with Crippen molar-refractivity contribution in [2.75, 3.05) is 13.6 Å². The van der Waals surface area contributed by atoms with Gasteiger partial charge >= 0.3 is 0 Å². The number of aromatic hydroxyl groups is 1. The molecule has 0 saturated carbocycles. The van der Waals surface area contributed by atoms with Crippen molar-refractivity contribution in [3.63, 3.8) is 0 Å². The molecule has 1 aliphatic heterocycles. The number of para-hydroxylation sites is 1. The van der Waals surface area contributed by atoms with Crippen molar-refractivity contribution < 1.29 is 5.11 Å². The third-order valence-electron chi connectivity index (χ3n) is 4.34. The van der Waals surface area contributed by atoms with Crippen molar-refractivity contribution in [1.29, 1.82) is 0 Å². The Morgan fingerprint density at radius 3 is 2.87 bits per heavy atom. The molecule has 23 heavy (non-hydrogen) atoms. The zero-order chi connectivity index (χ0) is 16.0. The van der Waals surface area contributed by atoms with Gasteiger partial charge in [0.2, 0.25) is 0 Å². The molecular weight excluding hydrogens is 292 g/mol. The summed E-state index contributed by atoms with van der Waals surface area (Å²) in [5.41, 5.74) is 3.47. The standard InChI is InChI=1S/C17H16N4O2/c1-21-7-6-10-13(9-21)12-8-14(11-4-2-3-5-15(11)22)19-20-16(12)18-17(10)23/h2-5,8,22H,6-7,9H2,1H3,(H,18,20,23). The third-order valence-corrected chi connectivity index (χ3v) is 4.34. The fourth-order valence-electron chi connectivity index (χ4n) is 3.12. The molecule has 0 radical (unpaired) electrons. The predicted octanol–water partition coefficient (Wildman–Crippen LogP) is 1.68. The Labute approximate surface area is 132 Å². The number of phenolic OH excluding ortho intramolecular Hbond substituents is 1. The highest BCUT2D eigenvalue weighted by Gasteiger charge is 2.20. The lowest BCUT2D eigenvalue weighted by atomic mass is 9.98. The van der Waals surface area contributed by atoms with E-state index >= 15 is 0 Å². The van der Waals surface area contributed by atoms with Crippen LogP contribution in [0.2, 0.25) is 0 Å². The van der Waals surface area contributed by atoms with Crippen LogP contribution >= 0.6 is 0 Å². The molecule has 1 aliphatic rings. The first-order chi connectivity index (χ1) is 11.1. The number of hydrogen-bond acceptors (Lipinski definition) is 5. The van der Waals surface area contributed by atoms with Crippen LogP contribution in [-0.2, 0) is 13.0 Å². The molecule has 3 aromatic rings. The summed E-state index contributed by atoms with van der Waals surface area (Å²) in [7, 11) is 2.04. The van der Waals surface area contributed by atoms with Crippen LogP contribution in [0.25, 0.3) is 22.3 Å². The molecule has 4 rings (SSSR count). The fraction of sp³-hybridized carbons (Fsp3) is 0.235. The van der Waals surface area contributed by atoms with Gasteiger partial charge in [-0.1, -0.05) is 12.1 Å². The lowest BCUT2D eigenvalue weighted by Crippen LogP contribution is -2.31. The van der Waals surface area contributed by atoms with E-state index in [9.17, 15) is 9.90 Å². The molecule has 6 nitrogen and oxygen atoms in total. The van der Waals surface area contributed by atoms with E-state index in [0.717, 1.165) is 29.5 Å². The lowest BCUT2D eigenvalue weighted by molar-refractivity contribution is 0.313. The quantitative estimate of drug-likeness (QED) is 0.715. The molecule has 0 atom stereocenters. The monoisotopic (exact) mass is 308 g/mol. The number of fused-ring (bicyclic) bond motifs is 3. The normalized spacial score (nSPS) is 14.8.